The molecule has 0 aliphatic heterocycles. The van der Waals surface area contributed by atoms with E-state index < -0.39 is 11.9 Å². The Morgan fingerprint density at radius 1 is 1.09 bits per heavy atom. The molecule has 0 radical (unpaired) electrons. The van der Waals surface area contributed by atoms with Gasteiger partial charge in [0.05, 0.1) is 25.5 Å². The Hall–Kier alpha value is -3.29. The Labute approximate surface area is 132 Å². The molecule has 0 fully saturated rings. The third kappa shape index (κ3) is 3.88. The van der Waals surface area contributed by atoms with Gasteiger partial charge in [0, 0.05) is 12.3 Å². The Morgan fingerprint density at radius 2 is 1.78 bits per heavy atom. The highest BCUT2D eigenvalue weighted by Gasteiger charge is 2.20. The molecule has 2 aromatic rings. The Balaban J connectivity index is 2.31. The molecule has 0 saturated heterocycles. The molecule has 1 heterocycles. The van der Waals surface area contributed by atoms with Crippen LogP contribution in [0.2, 0.25) is 0 Å². The molecule has 120 valence electrons. The van der Waals surface area contributed by atoms with E-state index in [4.69, 9.17) is 15.2 Å². The van der Waals surface area contributed by atoms with Gasteiger partial charge in [-0.1, -0.05) is 0 Å². The van der Waals surface area contributed by atoms with Crippen LogP contribution in [0.15, 0.2) is 42.6 Å². The summed E-state index contributed by atoms with van der Waals surface area (Å²) >= 11 is 0. The number of nitrogens with one attached hydrogen (secondary N) is 1. The number of urea groups is 1. The zero-order valence-corrected chi connectivity index (χ0v) is 12.6. The summed E-state index contributed by atoms with van der Waals surface area (Å²) in [6.45, 7) is 0. The summed E-state index contributed by atoms with van der Waals surface area (Å²) in [6.07, 6.45) is 1.35. The number of pyridine rings is 1. The van der Waals surface area contributed by atoms with Crippen LogP contribution in [0.1, 0.15) is 10.4 Å². The summed E-state index contributed by atoms with van der Waals surface area (Å²) in [5.41, 5.74) is 8.11. The van der Waals surface area contributed by atoms with Crippen molar-refractivity contribution in [2.75, 3.05) is 19.2 Å². The second kappa shape index (κ2) is 7.12. The molecule has 0 atom stereocenters. The van der Waals surface area contributed by atoms with Crippen molar-refractivity contribution >= 4 is 17.6 Å². The number of amides is 3. The number of carbonyl (C=O) groups is 2. The molecule has 0 bridgehead atoms. The first-order chi connectivity index (χ1) is 11.0. The summed E-state index contributed by atoms with van der Waals surface area (Å²) in [7, 11) is 3.00. The zero-order chi connectivity index (χ0) is 16.8. The first-order valence-electron chi connectivity index (χ1n) is 6.60. The van der Waals surface area contributed by atoms with E-state index in [0.717, 1.165) is 5.01 Å². The van der Waals surface area contributed by atoms with Crippen molar-refractivity contribution in [2.24, 2.45) is 5.73 Å². The molecule has 0 spiro atoms. The fraction of sp³-hybridized carbons (Fsp3) is 0.133. The zero-order valence-electron chi connectivity index (χ0n) is 12.6. The van der Waals surface area contributed by atoms with E-state index in [-0.39, 0.29) is 5.56 Å². The van der Waals surface area contributed by atoms with Crippen molar-refractivity contribution in [3.63, 3.8) is 0 Å². The second-order valence-corrected chi connectivity index (χ2v) is 4.40. The molecule has 1 aromatic heterocycles. The van der Waals surface area contributed by atoms with E-state index in [9.17, 15) is 9.59 Å². The van der Waals surface area contributed by atoms with Crippen LogP contribution in [0.25, 0.3) is 0 Å². The van der Waals surface area contributed by atoms with Crippen LogP contribution < -0.4 is 25.6 Å². The second-order valence-electron chi connectivity index (χ2n) is 4.40. The lowest BCUT2D eigenvalue weighted by Crippen LogP contribution is -2.48. The van der Waals surface area contributed by atoms with E-state index in [1.54, 1.807) is 30.3 Å². The highest BCUT2D eigenvalue weighted by atomic mass is 16.5. The quantitative estimate of drug-likeness (QED) is 0.828. The van der Waals surface area contributed by atoms with Crippen LogP contribution in [0, 0.1) is 0 Å². The van der Waals surface area contributed by atoms with Crippen LogP contribution in [-0.4, -0.2) is 31.1 Å². The maximum Gasteiger partial charge on any atom is 0.331 e. The normalized spacial score (nSPS) is 9.83. The number of hydrazine groups is 1. The molecule has 23 heavy (non-hydrogen) atoms. The SMILES string of the molecule is COc1ccc(N(NC(N)=O)C(=O)c2ccc(OC)nc2)cc1. The van der Waals surface area contributed by atoms with Crippen molar-refractivity contribution in [3.8, 4) is 11.6 Å². The lowest BCUT2D eigenvalue weighted by molar-refractivity contribution is 0.0976. The monoisotopic (exact) mass is 316 g/mol. The number of anilines is 1. The number of carbonyl (C=O) groups excluding carboxylic acids is 2. The van der Waals surface area contributed by atoms with Gasteiger partial charge in [-0.25, -0.2) is 20.2 Å². The molecule has 0 aliphatic rings. The fourth-order valence-corrected chi connectivity index (χ4v) is 1.83. The standard InChI is InChI=1S/C15H16N4O4/c1-22-12-6-4-11(5-7-12)19(18-15(16)21)14(20)10-3-8-13(23-2)17-9-10/h3-9H,1-2H3,(H3,16,18,21). The number of hydrogen-bond acceptors (Lipinski definition) is 5. The van der Waals surface area contributed by atoms with Gasteiger partial charge in [-0.3, -0.25) is 4.79 Å². The number of methoxy groups -OCH3 is 2. The molecule has 3 N–H and O–H groups in total. The number of nitrogens with two attached hydrogens (primary N) is 1. The summed E-state index contributed by atoms with van der Waals surface area (Å²) in [4.78, 5) is 27.7. The lowest BCUT2D eigenvalue weighted by atomic mass is 10.2. The van der Waals surface area contributed by atoms with Crippen molar-refractivity contribution in [3.05, 3.63) is 48.2 Å². The van der Waals surface area contributed by atoms with Crippen LogP contribution in [0.4, 0.5) is 10.5 Å². The molecule has 2 rings (SSSR count). The van der Waals surface area contributed by atoms with E-state index in [0.29, 0.717) is 17.3 Å². The van der Waals surface area contributed by atoms with Gasteiger partial charge in [0.15, 0.2) is 0 Å². The summed E-state index contributed by atoms with van der Waals surface area (Å²) in [6, 6.07) is 8.76. The summed E-state index contributed by atoms with van der Waals surface area (Å²) in [5, 5.41) is 1.03. The Morgan fingerprint density at radius 3 is 2.26 bits per heavy atom. The minimum atomic E-state index is -0.865. The molecule has 8 heteroatoms. The maximum atomic E-state index is 12.6. The van der Waals surface area contributed by atoms with E-state index in [1.807, 2.05) is 0 Å². The molecular weight excluding hydrogens is 300 g/mol. The van der Waals surface area contributed by atoms with Crippen LogP contribution >= 0.6 is 0 Å². The van der Waals surface area contributed by atoms with Crippen molar-refractivity contribution < 1.29 is 19.1 Å². The van der Waals surface area contributed by atoms with Gasteiger partial charge in [-0.05, 0) is 30.3 Å². The van der Waals surface area contributed by atoms with Crippen molar-refractivity contribution in [1.29, 1.82) is 0 Å². The molecular formula is C15H16N4O4. The van der Waals surface area contributed by atoms with Crippen LogP contribution in [0.5, 0.6) is 11.6 Å². The first-order valence-corrected chi connectivity index (χ1v) is 6.60. The molecule has 0 unspecified atom stereocenters. The molecule has 0 aliphatic carbocycles. The summed E-state index contributed by atoms with van der Waals surface area (Å²) in [5.74, 6) is 0.496. The van der Waals surface area contributed by atoms with Gasteiger partial charge >= 0.3 is 6.03 Å². The first kappa shape index (κ1) is 16.1. The molecule has 0 saturated carbocycles. The largest absolute Gasteiger partial charge is 0.497 e. The number of hydrogen-bond donors (Lipinski definition) is 2. The van der Waals surface area contributed by atoms with Gasteiger partial charge in [-0.2, -0.15) is 0 Å². The van der Waals surface area contributed by atoms with Gasteiger partial charge < -0.3 is 15.2 Å². The van der Waals surface area contributed by atoms with E-state index >= 15 is 0 Å². The Bertz CT molecular complexity index is 686. The highest BCUT2D eigenvalue weighted by Crippen LogP contribution is 2.20. The van der Waals surface area contributed by atoms with E-state index in [1.165, 1.54) is 26.5 Å². The highest BCUT2D eigenvalue weighted by molar-refractivity contribution is 6.06. The third-order valence-electron chi connectivity index (χ3n) is 2.95. The molecule has 8 nitrogen and oxygen atoms in total. The van der Waals surface area contributed by atoms with Gasteiger partial charge in [0.1, 0.15) is 5.75 Å². The third-order valence-corrected chi connectivity index (χ3v) is 2.95. The minimum Gasteiger partial charge on any atom is -0.497 e. The van der Waals surface area contributed by atoms with Crippen LogP contribution in [0.3, 0.4) is 0 Å². The van der Waals surface area contributed by atoms with E-state index in [2.05, 4.69) is 10.4 Å². The number of aromatic nitrogens is 1. The summed E-state index contributed by atoms with van der Waals surface area (Å²) < 4.78 is 10.0. The number of rotatable bonds is 4. The minimum absolute atomic E-state index is 0.260. The predicted molar refractivity (Wildman–Crippen MR) is 83.3 cm³/mol. The fourth-order valence-electron chi connectivity index (χ4n) is 1.83. The van der Waals surface area contributed by atoms with Crippen molar-refractivity contribution in [1.82, 2.24) is 10.4 Å². The average Bonchev–Trinajstić information content (AvgIpc) is 2.59. The average molecular weight is 316 g/mol. The topological polar surface area (TPSA) is 107 Å². The molecule has 1 aromatic carbocycles. The number of benzene rings is 1. The van der Waals surface area contributed by atoms with Gasteiger partial charge in [0.25, 0.3) is 5.91 Å². The van der Waals surface area contributed by atoms with Gasteiger partial charge in [-0.15, -0.1) is 0 Å². The number of ether oxygens (including phenoxy) is 2. The number of nitrogens with zero attached hydrogens (tertiary/aromatic N) is 2. The predicted octanol–water partition coefficient (Wildman–Crippen LogP) is 1.33. The Kier molecular flexibility index (Phi) is 4.98. The lowest BCUT2D eigenvalue weighted by Gasteiger charge is -2.22. The van der Waals surface area contributed by atoms with Gasteiger partial charge in [0.2, 0.25) is 5.88 Å². The number of primary amides is 1. The smallest absolute Gasteiger partial charge is 0.331 e. The maximum absolute atomic E-state index is 12.6. The molecule has 3 amide bonds. The van der Waals surface area contributed by atoms with Crippen LogP contribution in [-0.2, 0) is 0 Å². The van der Waals surface area contributed by atoms with Crippen molar-refractivity contribution in [2.45, 2.75) is 0 Å².